The van der Waals surface area contributed by atoms with Gasteiger partial charge < -0.3 is 18.9 Å². The Morgan fingerprint density at radius 1 is 1.09 bits per heavy atom. The van der Waals surface area contributed by atoms with Crippen molar-refractivity contribution in [3.63, 3.8) is 0 Å². The van der Waals surface area contributed by atoms with Crippen molar-refractivity contribution in [2.45, 2.75) is 45.2 Å². The average Bonchev–Trinajstić information content (AvgIpc) is 2.36. The highest BCUT2D eigenvalue weighted by Gasteiger charge is 2.28. The molecule has 0 rings (SSSR count). The van der Waals surface area contributed by atoms with Crippen LogP contribution >= 0.6 is 0 Å². The summed E-state index contributed by atoms with van der Waals surface area (Å²) in [5.41, 5.74) is 0. The molecule has 6 nitrogen and oxygen atoms in total. The van der Waals surface area contributed by atoms with Crippen molar-refractivity contribution < 1.29 is 23.2 Å². The minimum absolute atomic E-state index is 0.0300. The first-order valence-electron chi connectivity index (χ1n) is 7.46. The molecule has 0 aliphatic rings. The van der Waals surface area contributed by atoms with Crippen LogP contribution in [-0.4, -0.2) is 48.5 Å². The Bertz CT molecular complexity index is 380. The standard InChI is InChI=1S/C14H29NO5Si2/c1-7-13(16)18-10-11-19-14(17)15-9-8-12-22(5,6)20-21(2,3)4/h7H,1,8-12H2,2-6H3,(H,15,17). The van der Waals surface area contributed by atoms with Crippen LogP contribution in [0.4, 0.5) is 4.79 Å². The number of hydrogen-bond acceptors (Lipinski definition) is 5. The number of hydrogen-bond donors (Lipinski definition) is 1. The van der Waals surface area contributed by atoms with Gasteiger partial charge in [0.05, 0.1) is 0 Å². The van der Waals surface area contributed by atoms with Gasteiger partial charge in [0, 0.05) is 12.6 Å². The Kier molecular flexibility index (Phi) is 9.30. The second-order valence-corrected chi connectivity index (χ2v) is 15.6. The molecule has 0 saturated heterocycles. The molecule has 0 bridgehead atoms. The first-order valence-corrected chi connectivity index (χ1v) is 14.0. The van der Waals surface area contributed by atoms with Crippen LogP contribution in [-0.2, 0) is 18.4 Å². The summed E-state index contributed by atoms with van der Waals surface area (Å²) >= 11 is 0. The zero-order valence-corrected chi connectivity index (χ0v) is 16.4. The van der Waals surface area contributed by atoms with Crippen molar-refractivity contribution in [3.8, 4) is 0 Å². The SMILES string of the molecule is C=CC(=O)OCCOC(=O)NCCC[Si](C)(C)O[Si](C)(C)C. The van der Waals surface area contributed by atoms with E-state index in [1.807, 2.05) is 0 Å². The molecule has 0 atom stereocenters. The Morgan fingerprint density at radius 2 is 1.68 bits per heavy atom. The normalized spacial score (nSPS) is 11.7. The molecule has 128 valence electrons. The Balaban J connectivity index is 3.72. The fraction of sp³-hybridized carbons (Fsp3) is 0.714. The predicted octanol–water partition coefficient (Wildman–Crippen LogP) is 2.89. The largest absolute Gasteiger partial charge is 0.459 e. The Morgan fingerprint density at radius 3 is 2.23 bits per heavy atom. The van der Waals surface area contributed by atoms with Gasteiger partial charge >= 0.3 is 12.1 Å². The zero-order chi connectivity index (χ0) is 17.2. The topological polar surface area (TPSA) is 73.9 Å². The number of alkyl carbamates (subject to hydrolysis) is 1. The van der Waals surface area contributed by atoms with Crippen LogP contribution in [0.1, 0.15) is 6.42 Å². The van der Waals surface area contributed by atoms with Gasteiger partial charge in [-0.3, -0.25) is 0 Å². The van der Waals surface area contributed by atoms with Crippen molar-refractivity contribution in [2.24, 2.45) is 0 Å². The maximum Gasteiger partial charge on any atom is 0.407 e. The van der Waals surface area contributed by atoms with Crippen LogP contribution in [0.5, 0.6) is 0 Å². The van der Waals surface area contributed by atoms with E-state index in [4.69, 9.17) is 8.85 Å². The minimum Gasteiger partial charge on any atom is -0.459 e. The highest BCUT2D eigenvalue weighted by Crippen LogP contribution is 2.19. The fourth-order valence-electron chi connectivity index (χ4n) is 1.97. The number of amides is 1. The maximum absolute atomic E-state index is 11.4. The van der Waals surface area contributed by atoms with Crippen molar-refractivity contribution in [1.82, 2.24) is 5.32 Å². The van der Waals surface area contributed by atoms with Crippen LogP contribution < -0.4 is 5.32 Å². The van der Waals surface area contributed by atoms with Crippen molar-refractivity contribution in [3.05, 3.63) is 12.7 Å². The summed E-state index contributed by atoms with van der Waals surface area (Å²) < 4.78 is 15.8. The molecule has 0 aliphatic heterocycles. The lowest BCUT2D eigenvalue weighted by Crippen LogP contribution is -2.42. The Hall–Kier alpha value is -1.13. The average molecular weight is 348 g/mol. The van der Waals surface area contributed by atoms with E-state index in [0.29, 0.717) is 6.54 Å². The van der Waals surface area contributed by atoms with E-state index in [-0.39, 0.29) is 13.2 Å². The molecule has 0 saturated carbocycles. The molecular weight excluding hydrogens is 318 g/mol. The number of carbonyl (C=O) groups excluding carboxylic acids is 2. The summed E-state index contributed by atoms with van der Waals surface area (Å²) in [5.74, 6) is -0.529. The van der Waals surface area contributed by atoms with Gasteiger partial charge in [0.2, 0.25) is 0 Å². The van der Waals surface area contributed by atoms with Crippen molar-refractivity contribution in [1.29, 1.82) is 0 Å². The van der Waals surface area contributed by atoms with Crippen LogP contribution in [0.25, 0.3) is 0 Å². The number of rotatable bonds is 10. The predicted molar refractivity (Wildman–Crippen MR) is 91.8 cm³/mol. The molecule has 22 heavy (non-hydrogen) atoms. The molecule has 0 heterocycles. The van der Waals surface area contributed by atoms with Crippen LogP contribution in [0.15, 0.2) is 12.7 Å². The number of nitrogens with one attached hydrogen (secondary N) is 1. The second kappa shape index (κ2) is 9.80. The van der Waals surface area contributed by atoms with Crippen LogP contribution in [0.3, 0.4) is 0 Å². The third-order valence-electron chi connectivity index (χ3n) is 2.53. The van der Waals surface area contributed by atoms with E-state index in [2.05, 4.69) is 49.4 Å². The van der Waals surface area contributed by atoms with Gasteiger partial charge in [-0.1, -0.05) is 6.58 Å². The summed E-state index contributed by atoms with van der Waals surface area (Å²) in [7, 11) is -3.16. The van der Waals surface area contributed by atoms with E-state index < -0.39 is 28.7 Å². The molecule has 0 radical (unpaired) electrons. The molecule has 0 fully saturated rings. The van der Waals surface area contributed by atoms with Crippen LogP contribution in [0, 0.1) is 0 Å². The lowest BCUT2D eigenvalue weighted by Gasteiger charge is -2.31. The van der Waals surface area contributed by atoms with Gasteiger partial charge in [-0.25, -0.2) is 9.59 Å². The molecule has 1 amide bonds. The monoisotopic (exact) mass is 347 g/mol. The van der Waals surface area contributed by atoms with Crippen molar-refractivity contribution in [2.75, 3.05) is 19.8 Å². The highest BCUT2D eigenvalue weighted by molar-refractivity contribution is 6.84. The summed E-state index contributed by atoms with van der Waals surface area (Å²) in [6, 6.07) is 0.995. The van der Waals surface area contributed by atoms with E-state index in [9.17, 15) is 9.59 Å². The molecule has 0 aromatic rings. The smallest absolute Gasteiger partial charge is 0.407 e. The van der Waals surface area contributed by atoms with Gasteiger partial charge in [-0.2, -0.15) is 0 Å². The van der Waals surface area contributed by atoms with Gasteiger partial charge in [-0.05, 0) is 45.2 Å². The van der Waals surface area contributed by atoms with E-state index in [1.54, 1.807) is 0 Å². The van der Waals surface area contributed by atoms with Gasteiger partial charge in [0.15, 0.2) is 16.6 Å². The number of carbonyl (C=O) groups is 2. The minimum atomic E-state index is -1.66. The third kappa shape index (κ3) is 12.6. The maximum atomic E-state index is 11.4. The molecule has 0 aliphatic carbocycles. The van der Waals surface area contributed by atoms with Gasteiger partial charge in [0.25, 0.3) is 0 Å². The number of ether oxygens (including phenoxy) is 2. The van der Waals surface area contributed by atoms with E-state index in [1.165, 1.54) is 0 Å². The lowest BCUT2D eigenvalue weighted by molar-refractivity contribution is -0.138. The molecule has 8 heteroatoms. The molecule has 0 spiro atoms. The molecular formula is C14H29NO5Si2. The summed E-state index contributed by atoms with van der Waals surface area (Å²) in [4.78, 5) is 22.2. The number of esters is 1. The van der Waals surface area contributed by atoms with Gasteiger partial charge in [0.1, 0.15) is 13.2 Å². The van der Waals surface area contributed by atoms with Gasteiger partial charge in [-0.15, -0.1) is 0 Å². The quantitative estimate of drug-likeness (QED) is 0.285. The first-order chi connectivity index (χ1) is 10.1. The summed E-state index contributed by atoms with van der Waals surface area (Å²) in [5, 5.41) is 2.68. The second-order valence-electron chi connectivity index (χ2n) is 6.51. The molecule has 0 aromatic heterocycles. The van der Waals surface area contributed by atoms with Crippen LogP contribution in [0.2, 0.25) is 38.8 Å². The van der Waals surface area contributed by atoms with Crippen molar-refractivity contribution >= 4 is 28.7 Å². The Labute approximate surface area is 135 Å². The van der Waals surface area contributed by atoms with E-state index in [0.717, 1.165) is 18.5 Å². The fourth-order valence-corrected chi connectivity index (χ4v) is 10.0. The first kappa shape index (κ1) is 20.9. The molecule has 1 N–H and O–H groups in total. The summed E-state index contributed by atoms with van der Waals surface area (Å²) in [6.07, 6.45) is 1.43. The molecule has 0 aromatic carbocycles. The zero-order valence-electron chi connectivity index (χ0n) is 14.4. The molecule has 0 unspecified atom stereocenters. The lowest BCUT2D eigenvalue weighted by atomic mass is 10.5. The van der Waals surface area contributed by atoms with E-state index >= 15 is 0 Å². The summed E-state index contributed by atoms with van der Waals surface area (Å²) in [6.45, 7) is 14.9. The highest BCUT2D eigenvalue weighted by atomic mass is 28.4. The third-order valence-corrected chi connectivity index (χ3v) is 8.75.